The van der Waals surface area contributed by atoms with E-state index in [9.17, 15) is 4.79 Å². The van der Waals surface area contributed by atoms with Gasteiger partial charge in [0.05, 0.1) is 11.4 Å². The predicted octanol–water partition coefficient (Wildman–Crippen LogP) is 6.28. The van der Waals surface area contributed by atoms with Crippen LogP contribution in [0.5, 0.6) is 0 Å². The Bertz CT molecular complexity index is 1100. The molecule has 2 aromatic rings. The third-order valence-corrected chi connectivity index (χ3v) is 6.42. The van der Waals surface area contributed by atoms with E-state index in [1.54, 1.807) is 7.11 Å². The highest BCUT2D eigenvalue weighted by Gasteiger charge is 2.40. The monoisotopic (exact) mass is 526 g/mol. The zero-order valence-corrected chi connectivity index (χ0v) is 24.6. The van der Waals surface area contributed by atoms with Crippen LogP contribution in [-0.2, 0) is 15.0 Å². The van der Waals surface area contributed by atoms with E-state index in [-0.39, 0.29) is 6.09 Å². The van der Waals surface area contributed by atoms with Crippen molar-refractivity contribution < 1.29 is 14.4 Å². The second-order valence-corrected chi connectivity index (χ2v) is 10.7. The average molecular weight is 527 g/mol. The van der Waals surface area contributed by atoms with Crippen molar-refractivity contribution in [2.24, 2.45) is 5.16 Å². The van der Waals surface area contributed by atoms with E-state index in [4.69, 9.17) is 15.3 Å². The number of hydrogen-bond donors (Lipinski definition) is 3. The van der Waals surface area contributed by atoms with Crippen LogP contribution >= 0.6 is 0 Å². The number of nitrogens with zero attached hydrogens (tertiary/aromatic N) is 3. The van der Waals surface area contributed by atoms with Gasteiger partial charge in [0.25, 0.3) is 0 Å². The Morgan fingerprint density at radius 2 is 1.76 bits per heavy atom. The quantitative estimate of drug-likeness (QED) is 0.402. The molecule has 1 amide bonds. The van der Waals surface area contributed by atoms with Gasteiger partial charge in [-0.1, -0.05) is 44.3 Å². The number of fused-ring (bicyclic) bond motifs is 3. The molecular formula is C29H46N6O3. The number of carbonyl (C=O) groups excluding carboxylic acids is 1. The van der Waals surface area contributed by atoms with Crippen LogP contribution in [0.15, 0.2) is 29.7 Å². The minimum Gasteiger partial charge on any atom is -0.444 e. The molecule has 4 rings (SSSR count). The van der Waals surface area contributed by atoms with Crippen molar-refractivity contribution >= 4 is 23.3 Å². The van der Waals surface area contributed by atoms with Crippen molar-refractivity contribution in [1.82, 2.24) is 15.3 Å². The summed E-state index contributed by atoms with van der Waals surface area (Å²) < 4.78 is 5.19. The Kier molecular flexibility index (Phi) is 10.9. The molecule has 210 valence electrons. The second kappa shape index (κ2) is 13.4. The summed E-state index contributed by atoms with van der Waals surface area (Å²) >= 11 is 0. The summed E-state index contributed by atoms with van der Waals surface area (Å²) in [5.41, 5.74) is 10.8. The van der Waals surface area contributed by atoms with Gasteiger partial charge in [-0.2, -0.15) is 0 Å². The zero-order chi connectivity index (χ0) is 28.5. The number of amides is 1. The topological polar surface area (TPSA) is 124 Å². The third kappa shape index (κ3) is 7.58. The molecule has 2 aliphatic carbocycles. The SMILES string of the molecule is CC.CC(C)(C)OC(=O)NC1CCCCC1.CNc1ccc2c(c1)/C(=N\OC)C(C)(C)c1c(N)ncnc1-2. The van der Waals surface area contributed by atoms with Gasteiger partial charge in [-0.05, 0) is 59.6 Å². The van der Waals surface area contributed by atoms with Crippen LogP contribution in [-0.4, -0.2) is 47.6 Å². The van der Waals surface area contributed by atoms with E-state index in [0.29, 0.717) is 11.9 Å². The van der Waals surface area contributed by atoms with Crippen LogP contribution in [0.2, 0.25) is 0 Å². The lowest BCUT2D eigenvalue weighted by Crippen LogP contribution is -2.39. The highest BCUT2D eigenvalue weighted by Crippen LogP contribution is 2.44. The highest BCUT2D eigenvalue weighted by molar-refractivity contribution is 6.16. The van der Waals surface area contributed by atoms with Crippen LogP contribution in [0, 0.1) is 0 Å². The lowest BCUT2D eigenvalue weighted by Gasteiger charge is -2.34. The summed E-state index contributed by atoms with van der Waals surface area (Å²) in [5, 5.41) is 10.3. The summed E-state index contributed by atoms with van der Waals surface area (Å²) in [7, 11) is 3.43. The summed E-state index contributed by atoms with van der Waals surface area (Å²) in [6.07, 6.45) is 7.16. The van der Waals surface area contributed by atoms with Gasteiger partial charge in [0, 0.05) is 40.9 Å². The fourth-order valence-corrected chi connectivity index (χ4v) is 4.75. The van der Waals surface area contributed by atoms with E-state index in [1.807, 2.05) is 53.8 Å². The molecule has 1 aromatic carbocycles. The molecule has 0 unspecified atom stereocenters. The van der Waals surface area contributed by atoms with Crippen molar-refractivity contribution in [3.63, 3.8) is 0 Å². The Morgan fingerprint density at radius 1 is 1.11 bits per heavy atom. The maximum Gasteiger partial charge on any atom is 0.407 e. The van der Waals surface area contributed by atoms with Gasteiger partial charge in [-0.25, -0.2) is 14.8 Å². The van der Waals surface area contributed by atoms with E-state index < -0.39 is 11.0 Å². The first-order valence-corrected chi connectivity index (χ1v) is 13.5. The number of hydrogen-bond acceptors (Lipinski definition) is 8. The number of nitrogens with two attached hydrogens (primary N) is 1. The van der Waals surface area contributed by atoms with Crippen LogP contribution in [0.1, 0.15) is 91.7 Å². The molecule has 1 fully saturated rings. The molecule has 0 atom stereocenters. The van der Waals surface area contributed by atoms with E-state index in [1.165, 1.54) is 25.6 Å². The molecule has 2 aliphatic rings. The zero-order valence-electron chi connectivity index (χ0n) is 24.6. The Balaban J connectivity index is 0.000000274. The molecular weight excluding hydrogens is 480 g/mol. The largest absolute Gasteiger partial charge is 0.444 e. The molecule has 1 aromatic heterocycles. The highest BCUT2D eigenvalue weighted by atomic mass is 16.6. The van der Waals surface area contributed by atoms with Gasteiger partial charge >= 0.3 is 6.09 Å². The number of carbonyl (C=O) groups is 1. The molecule has 9 heteroatoms. The number of ether oxygens (including phenoxy) is 1. The first-order chi connectivity index (χ1) is 18.0. The van der Waals surface area contributed by atoms with Gasteiger partial charge in [-0.15, -0.1) is 0 Å². The maximum absolute atomic E-state index is 11.4. The minimum absolute atomic E-state index is 0.274. The van der Waals surface area contributed by atoms with E-state index in [2.05, 4.69) is 45.7 Å². The summed E-state index contributed by atoms with van der Waals surface area (Å²) in [6.45, 7) is 13.8. The second-order valence-electron chi connectivity index (χ2n) is 10.7. The molecule has 0 spiro atoms. The molecule has 38 heavy (non-hydrogen) atoms. The fraction of sp³-hybridized carbons (Fsp3) is 0.586. The molecule has 0 aliphatic heterocycles. The number of nitrogen functional groups attached to an aromatic ring is 1. The number of aromatic nitrogens is 2. The van der Waals surface area contributed by atoms with Crippen LogP contribution in [0.25, 0.3) is 11.3 Å². The number of oxime groups is 1. The van der Waals surface area contributed by atoms with Gasteiger partial charge in [0.2, 0.25) is 0 Å². The van der Waals surface area contributed by atoms with E-state index >= 15 is 0 Å². The minimum atomic E-state index is -0.448. The fourth-order valence-electron chi connectivity index (χ4n) is 4.75. The summed E-state index contributed by atoms with van der Waals surface area (Å²) in [4.78, 5) is 25.1. The van der Waals surface area contributed by atoms with Crippen molar-refractivity contribution in [2.45, 2.75) is 97.6 Å². The van der Waals surface area contributed by atoms with Crippen molar-refractivity contribution in [3.8, 4) is 11.3 Å². The summed E-state index contributed by atoms with van der Waals surface area (Å²) in [6, 6.07) is 6.41. The molecule has 1 heterocycles. The number of benzene rings is 1. The van der Waals surface area contributed by atoms with Gasteiger partial charge in [-0.3, -0.25) is 0 Å². The van der Waals surface area contributed by atoms with Crippen molar-refractivity contribution in [1.29, 1.82) is 0 Å². The van der Waals surface area contributed by atoms with Gasteiger partial charge in [0.15, 0.2) is 0 Å². The van der Waals surface area contributed by atoms with E-state index in [0.717, 1.165) is 46.6 Å². The molecule has 1 saturated carbocycles. The average Bonchev–Trinajstić information content (AvgIpc) is 2.87. The van der Waals surface area contributed by atoms with Crippen molar-refractivity contribution in [2.75, 3.05) is 25.2 Å². The van der Waals surface area contributed by atoms with Crippen LogP contribution in [0.3, 0.4) is 0 Å². The number of alkyl carbamates (subject to hydrolysis) is 1. The van der Waals surface area contributed by atoms with Crippen LogP contribution < -0.4 is 16.4 Å². The Morgan fingerprint density at radius 3 is 2.34 bits per heavy atom. The molecule has 0 saturated heterocycles. The number of anilines is 2. The molecule has 0 radical (unpaired) electrons. The molecule has 4 N–H and O–H groups in total. The molecule has 0 bridgehead atoms. The smallest absolute Gasteiger partial charge is 0.407 e. The Hall–Kier alpha value is -3.36. The normalized spacial score (nSPS) is 16.9. The first-order valence-electron chi connectivity index (χ1n) is 13.5. The third-order valence-electron chi connectivity index (χ3n) is 6.42. The predicted molar refractivity (Wildman–Crippen MR) is 156 cm³/mol. The number of rotatable bonds is 3. The lowest BCUT2D eigenvalue weighted by molar-refractivity contribution is 0.0493. The van der Waals surface area contributed by atoms with Crippen LogP contribution in [0.4, 0.5) is 16.3 Å². The van der Waals surface area contributed by atoms with Gasteiger partial charge < -0.3 is 25.9 Å². The standard InChI is InChI=1S/C16H19N5O.C11H21NO2.C2H6/c1-16(2)12-13(19-8-20-15(12)17)10-6-5-9(18-3)7-11(10)14(16)21-22-4;1-11(2,3)14-10(13)12-9-7-5-4-6-8-9;1-2/h5-8,18H,1-4H3,(H2,17,19,20);9H,4-8H2,1-3H3,(H,12,13);1-2H3/b21-14+;;. The van der Waals surface area contributed by atoms with Crippen molar-refractivity contribution in [3.05, 3.63) is 35.7 Å². The first kappa shape index (κ1) is 30.9. The Labute approximate surface area is 228 Å². The summed E-state index contributed by atoms with van der Waals surface area (Å²) in [5.74, 6) is 0.474. The molecule has 9 nitrogen and oxygen atoms in total. The maximum atomic E-state index is 11.4. The van der Waals surface area contributed by atoms with Gasteiger partial charge in [0.1, 0.15) is 24.9 Å². The number of nitrogens with one attached hydrogen (secondary N) is 2. The lowest BCUT2D eigenvalue weighted by atomic mass is 9.70.